The van der Waals surface area contributed by atoms with Crippen molar-refractivity contribution in [2.45, 2.75) is 31.2 Å². The third-order valence-electron chi connectivity index (χ3n) is 4.18. The SMILES string of the molecule is C#CCn1c(=NS(=O)(=O)c2ccc(OC)cc2)sc2cc(C(C)C)ccc21. The predicted molar refractivity (Wildman–Crippen MR) is 108 cm³/mol. The summed E-state index contributed by atoms with van der Waals surface area (Å²) in [5.74, 6) is 3.54. The molecule has 0 aliphatic carbocycles. The first kappa shape index (κ1) is 19.2. The summed E-state index contributed by atoms with van der Waals surface area (Å²) in [5, 5.41) is 0. The van der Waals surface area contributed by atoms with Crippen molar-refractivity contribution in [3.8, 4) is 18.1 Å². The number of hydrogen-bond donors (Lipinski definition) is 0. The zero-order valence-corrected chi connectivity index (χ0v) is 17.0. The summed E-state index contributed by atoms with van der Waals surface area (Å²) in [4.78, 5) is 0.468. The summed E-state index contributed by atoms with van der Waals surface area (Å²) in [5.41, 5.74) is 2.06. The molecule has 0 radical (unpaired) electrons. The molecule has 1 heterocycles. The van der Waals surface area contributed by atoms with Crippen molar-refractivity contribution in [1.29, 1.82) is 0 Å². The number of nitrogens with zero attached hydrogens (tertiary/aromatic N) is 2. The first-order valence-electron chi connectivity index (χ1n) is 8.37. The summed E-state index contributed by atoms with van der Waals surface area (Å²) >= 11 is 1.32. The number of benzene rings is 2. The lowest BCUT2D eigenvalue weighted by Crippen LogP contribution is -2.16. The fourth-order valence-electron chi connectivity index (χ4n) is 2.67. The van der Waals surface area contributed by atoms with Crippen LogP contribution in [0, 0.1) is 12.3 Å². The van der Waals surface area contributed by atoms with Crippen LogP contribution < -0.4 is 9.54 Å². The van der Waals surface area contributed by atoms with E-state index in [9.17, 15) is 8.42 Å². The van der Waals surface area contributed by atoms with Crippen molar-refractivity contribution in [2.75, 3.05) is 7.11 Å². The number of rotatable bonds is 5. The number of terminal acetylenes is 1. The number of sulfonamides is 1. The lowest BCUT2D eigenvalue weighted by Gasteiger charge is -2.05. The van der Waals surface area contributed by atoms with Crippen LogP contribution in [0.4, 0.5) is 0 Å². The molecule has 0 amide bonds. The Labute approximate surface area is 163 Å². The van der Waals surface area contributed by atoms with E-state index in [2.05, 4.69) is 30.2 Å². The largest absolute Gasteiger partial charge is 0.497 e. The van der Waals surface area contributed by atoms with Gasteiger partial charge in [-0.1, -0.05) is 37.2 Å². The molecule has 3 aromatic rings. The van der Waals surface area contributed by atoms with Gasteiger partial charge in [-0.3, -0.25) is 0 Å². The fourth-order valence-corrected chi connectivity index (χ4v) is 4.95. The molecule has 0 spiro atoms. The topological polar surface area (TPSA) is 60.7 Å². The lowest BCUT2D eigenvalue weighted by molar-refractivity contribution is 0.414. The van der Waals surface area contributed by atoms with Crippen LogP contribution in [0.25, 0.3) is 10.2 Å². The zero-order valence-electron chi connectivity index (χ0n) is 15.3. The van der Waals surface area contributed by atoms with E-state index in [1.807, 2.05) is 12.1 Å². The summed E-state index contributed by atoms with van der Waals surface area (Å²) in [6, 6.07) is 12.2. The van der Waals surface area contributed by atoms with Crippen LogP contribution in [-0.2, 0) is 16.6 Å². The maximum atomic E-state index is 12.7. The van der Waals surface area contributed by atoms with Crippen molar-refractivity contribution < 1.29 is 13.2 Å². The van der Waals surface area contributed by atoms with Crippen molar-refractivity contribution >= 4 is 31.6 Å². The highest BCUT2D eigenvalue weighted by molar-refractivity contribution is 7.90. The van der Waals surface area contributed by atoms with E-state index in [-0.39, 0.29) is 11.4 Å². The minimum absolute atomic E-state index is 0.107. The third-order valence-corrected chi connectivity index (χ3v) is 6.62. The van der Waals surface area contributed by atoms with Gasteiger partial charge in [-0.05, 0) is 47.9 Å². The molecule has 2 aromatic carbocycles. The van der Waals surface area contributed by atoms with Crippen LogP contribution >= 0.6 is 11.3 Å². The first-order valence-corrected chi connectivity index (χ1v) is 10.6. The fraction of sp³-hybridized carbons (Fsp3) is 0.250. The standard InChI is InChI=1S/C20H20N2O3S2/c1-5-12-22-18-11-6-15(14(2)3)13-19(18)26-20(22)21-27(23,24)17-9-7-16(25-4)8-10-17/h1,6-11,13-14H,12H2,2-4H3. The molecule has 0 aliphatic rings. The zero-order chi connectivity index (χ0) is 19.6. The van der Waals surface area contributed by atoms with Gasteiger partial charge in [-0.2, -0.15) is 8.42 Å². The Morgan fingerprint density at radius 1 is 1.22 bits per heavy atom. The molecule has 27 heavy (non-hydrogen) atoms. The Hall–Kier alpha value is -2.56. The van der Waals surface area contributed by atoms with Crippen molar-refractivity contribution in [3.63, 3.8) is 0 Å². The molecule has 5 nitrogen and oxygen atoms in total. The normalized spacial score (nSPS) is 12.5. The van der Waals surface area contributed by atoms with Crippen molar-refractivity contribution in [1.82, 2.24) is 4.57 Å². The van der Waals surface area contributed by atoms with Crippen molar-refractivity contribution in [3.05, 3.63) is 52.8 Å². The van der Waals surface area contributed by atoms with Gasteiger partial charge in [-0.25, -0.2) is 0 Å². The Balaban J connectivity index is 2.18. The van der Waals surface area contributed by atoms with Crippen LogP contribution in [0.2, 0.25) is 0 Å². The number of ether oxygens (including phenoxy) is 1. The number of fused-ring (bicyclic) bond motifs is 1. The van der Waals surface area contributed by atoms with Gasteiger partial charge < -0.3 is 9.30 Å². The average Bonchev–Trinajstić information content (AvgIpc) is 2.98. The highest BCUT2D eigenvalue weighted by Gasteiger charge is 2.15. The molecular weight excluding hydrogens is 380 g/mol. The molecule has 140 valence electrons. The third kappa shape index (κ3) is 3.92. The van der Waals surface area contributed by atoms with Gasteiger partial charge in [0.15, 0.2) is 0 Å². The molecule has 0 bridgehead atoms. The molecule has 1 aromatic heterocycles. The monoisotopic (exact) mass is 400 g/mol. The Bertz CT molecular complexity index is 1180. The maximum absolute atomic E-state index is 12.7. The summed E-state index contributed by atoms with van der Waals surface area (Å²) < 4.78 is 37.3. The van der Waals surface area contributed by atoms with Crippen LogP contribution in [0.15, 0.2) is 51.8 Å². The molecule has 0 N–H and O–H groups in total. The highest BCUT2D eigenvalue weighted by Crippen LogP contribution is 2.24. The van der Waals surface area contributed by atoms with Gasteiger partial charge in [0.1, 0.15) is 5.75 Å². The molecule has 0 unspecified atom stereocenters. The van der Waals surface area contributed by atoms with Crippen molar-refractivity contribution in [2.24, 2.45) is 4.40 Å². The van der Waals surface area contributed by atoms with Gasteiger partial charge in [0.2, 0.25) is 4.80 Å². The second-order valence-electron chi connectivity index (χ2n) is 6.30. The van der Waals surface area contributed by atoms with Crippen LogP contribution in [0.1, 0.15) is 25.3 Å². The minimum Gasteiger partial charge on any atom is -0.497 e. The van der Waals surface area contributed by atoms with E-state index in [0.717, 1.165) is 10.2 Å². The van der Waals surface area contributed by atoms with Gasteiger partial charge in [0.25, 0.3) is 10.0 Å². The van der Waals surface area contributed by atoms with E-state index >= 15 is 0 Å². The van der Waals surface area contributed by atoms with E-state index in [1.54, 1.807) is 16.7 Å². The smallest absolute Gasteiger partial charge is 0.285 e. The summed E-state index contributed by atoms with van der Waals surface area (Å²) in [6.45, 7) is 4.48. The first-order chi connectivity index (χ1) is 12.9. The predicted octanol–water partition coefficient (Wildman–Crippen LogP) is 3.76. The Kier molecular flexibility index (Phi) is 5.40. The Morgan fingerprint density at radius 3 is 2.52 bits per heavy atom. The number of methoxy groups -OCH3 is 1. The molecule has 0 aliphatic heterocycles. The molecule has 0 saturated heterocycles. The highest BCUT2D eigenvalue weighted by atomic mass is 32.2. The van der Waals surface area contributed by atoms with E-state index < -0.39 is 10.0 Å². The van der Waals surface area contributed by atoms with Crippen LogP contribution in [0.3, 0.4) is 0 Å². The number of hydrogen-bond acceptors (Lipinski definition) is 4. The van der Waals surface area contributed by atoms with Gasteiger partial charge >= 0.3 is 0 Å². The lowest BCUT2D eigenvalue weighted by atomic mass is 10.0. The van der Waals surface area contributed by atoms with Crippen LogP contribution in [0.5, 0.6) is 5.75 Å². The van der Waals surface area contributed by atoms with Crippen LogP contribution in [-0.4, -0.2) is 20.1 Å². The number of thiazole rings is 1. The second kappa shape index (κ2) is 7.59. The van der Waals surface area contributed by atoms with E-state index in [0.29, 0.717) is 16.5 Å². The molecule has 0 atom stereocenters. The average molecular weight is 401 g/mol. The minimum atomic E-state index is -3.86. The molecule has 3 rings (SSSR count). The van der Waals surface area contributed by atoms with Gasteiger partial charge in [0.05, 0.1) is 28.8 Å². The number of aromatic nitrogens is 1. The summed E-state index contributed by atoms with van der Waals surface area (Å²) in [6.07, 6.45) is 5.49. The van der Waals surface area contributed by atoms with Gasteiger partial charge in [-0.15, -0.1) is 10.8 Å². The van der Waals surface area contributed by atoms with E-state index in [4.69, 9.17) is 11.2 Å². The molecule has 0 saturated carbocycles. The maximum Gasteiger partial charge on any atom is 0.285 e. The molecule has 7 heteroatoms. The Morgan fingerprint density at radius 2 is 1.93 bits per heavy atom. The molecule has 0 fully saturated rings. The summed E-state index contributed by atoms with van der Waals surface area (Å²) in [7, 11) is -2.34. The van der Waals surface area contributed by atoms with E-state index in [1.165, 1.54) is 36.1 Å². The van der Waals surface area contributed by atoms with Gasteiger partial charge in [0, 0.05) is 0 Å². The second-order valence-corrected chi connectivity index (χ2v) is 8.91. The molecular formula is C20H20N2O3S2. The quantitative estimate of drug-likeness (QED) is 0.613.